The van der Waals surface area contributed by atoms with Crippen molar-refractivity contribution in [3.8, 4) is 0 Å². The number of hydrogen-bond donors (Lipinski definition) is 1. The number of rotatable bonds is 5. The van der Waals surface area contributed by atoms with E-state index >= 15 is 0 Å². The Kier molecular flexibility index (Phi) is 6.97. The molecule has 0 aromatic heterocycles. The van der Waals surface area contributed by atoms with Gasteiger partial charge in [0.1, 0.15) is 0 Å². The average molecular weight is 209 g/mol. The minimum atomic E-state index is 0.0106. The quantitative estimate of drug-likeness (QED) is 0.691. The molecule has 0 aromatic carbocycles. The van der Waals surface area contributed by atoms with E-state index < -0.39 is 0 Å². The third kappa shape index (κ3) is 5.53. The molecule has 0 aliphatic carbocycles. The molecule has 0 saturated heterocycles. The van der Waals surface area contributed by atoms with Gasteiger partial charge in [-0.25, -0.2) is 0 Å². The second kappa shape index (κ2) is 7.41. The number of nitrogens with zero attached hydrogens (tertiary/aromatic N) is 1. The monoisotopic (exact) mass is 209 g/mol. The van der Waals surface area contributed by atoms with E-state index in [2.05, 4.69) is 18.0 Å². The standard InChI is InChI=1S/C13H23NO/c1-6-7-8-11(4)13(9-15)14-12(5)10(2)3/h8,15H,6-7,9H2,1-5H3/b11-8+,14-13?. The van der Waals surface area contributed by atoms with Crippen molar-refractivity contribution in [2.75, 3.05) is 6.61 Å². The number of allylic oxidation sites excluding steroid dienone is 3. The van der Waals surface area contributed by atoms with Crippen molar-refractivity contribution in [2.45, 2.75) is 47.5 Å². The smallest absolute Gasteiger partial charge is 0.0855 e. The molecule has 0 unspecified atom stereocenters. The molecule has 0 amide bonds. The molecule has 1 N–H and O–H groups in total. The molecule has 0 aliphatic heterocycles. The highest BCUT2D eigenvalue weighted by Gasteiger charge is 2.00. The van der Waals surface area contributed by atoms with Crippen LogP contribution in [0.5, 0.6) is 0 Å². The zero-order chi connectivity index (χ0) is 11.8. The predicted molar refractivity (Wildman–Crippen MR) is 67.2 cm³/mol. The molecule has 0 heterocycles. The van der Waals surface area contributed by atoms with Crippen molar-refractivity contribution in [3.05, 3.63) is 22.9 Å². The minimum absolute atomic E-state index is 0.0106. The highest BCUT2D eigenvalue weighted by Crippen LogP contribution is 2.08. The molecule has 0 aromatic rings. The lowest BCUT2D eigenvalue weighted by Crippen LogP contribution is -2.06. The summed E-state index contributed by atoms with van der Waals surface area (Å²) in [5.41, 5.74) is 4.04. The predicted octanol–water partition coefficient (Wildman–Crippen LogP) is 3.48. The van der Waals surface area contributed by atoms with Gasteiger partial charge in [0.2, 0.25) is 0 Å². The van der Waals surface area contributed by atoms with E-state index in [-0.39, 0.29) is 6.61 Å². The molecule has 0 saturated carbocycles. The average Bonchev–Trinajstić information content (AvgIpc) is 2.21. The summed E-state index contributed by atoms with van der Waals surface area (Å²) in [6, 6.07) is 0. The molecular weight excluding hydrogens is 186 g/mol. The number of aliphatic imine (C=N–C) groups is 1. The van der Waals surface area contributed by atoms with Gasteiger partial charge in [-0.2, -0.15) is 0 Å². The van der Waals surface area contributed by atoms with Crippen LogP contribution in [0, 0.1) is 0 Å². The molecule has 2 nitrogen and oxygen atoms in total. The second-order valence-corrected chi connectivity index (χ2v) is 3.98. The van der Waals surface area contributed by atoms with Gasteiger partial charge in [-0.05, 0) is 39.7 Å². The van der Waals surface area contributed by atoms with E-state index in [1.54, 1.807) is 0 Å². The summed E-state index contributed by atoms with van der Waals surface area (Å²) < 4.78 is 0. The van der Waals surface area contributed by atoms with Crippen molar-refractivity contribution < 1.29 is 5.11 Å². The van der Waals surface area contributed by atoms with E-state index in [4.69, 9.17) is 0 Å². The fourth-order valence-electron chi connectivity index (χ4n) is 1.04. The lowest BCUT2D eigenvalue weighted by atomic mass is 10.1. The Hall–Kier alpha value is -0.890. The fourth-order valence-corrected chi connectivity index (χ4v) is 1.04. The Morgan fingerprint density at radius 1 is 1.20 bits per heavy atom. The minimum Gasteiger partial charge on any atom is -0.390 e. The van der Waals surface area contributed by atoms with Crippen LogP contribution in [-0.2, 0) is 0 Å². The highest BCUT2D eigenvalue weighted by atomic mass is 16.3. The van der Waals surface area contributed by atoms with Crippen LogP contribution < -0.4 is 0 Å². The van der Waals surface area contributed by atoms with Crippen LogP contribution in [0.15, 0.2) is 27.9 Å². The van der Waals surface area contributed by atoms with Crippen molar-refractivity contribution in [2.24, 2.45) is 4.99 Å². The van der Waals surface area contributed by atoms with Crippen LogP contribution >= 0.6 is 0 Å². The van der Waals surface area contributed by atoms with Crippen LogP contribution in [0.4, 0.5) is 0 Å². The van der Waals surface area contributed by atoms with Gasteiger partial charge in [0.25, 0.3) is 0 Å². The number of aliphatic hydroxyl groups excluding tert-OH is 1. The first kappa shape index (κ1) is 14.1. The van der Waals surface area contributed by atoms with Crippen LogP contribution in [0.1, 0.15) is 47.5 Å². The van der Waals surface area contributed by atoms with Crippen LogP contribution in [0.25, 0.3) is 0 Å². The summed E-state index contributed by atoms with van der Waals surface area (Å²) in [6.07, 6.45) is 4.30. The summed E-state index contributed by atoms with van der Waals surface area (Å²) in [7, 11) is 0. The van der Waals surface area contributed by atoms with E-state index in [1.807, 2.05) is 27.7 Å². The topological polar surface area (TPSA) is 32.6 Å². The van der Waals surface area contributed by atoms with E-state index in [0.717, 1.165) is 29.8 Å². The Morgan fingerprint density at radius 2 is 1.80 bits per heavy atom. The maximum absolute atomic E-state index is 9.23. The third-order valence-electron chi connectivity index (χ3n) is 2.37. The lowest BCUT2D eigenvalue weighted by molar-refractivity contribution is 0.357. The molecule has 0 aliphatic rings. The van der Waals surface area contributed by atoms with Gasteiger partial charge < -0.3 is 5.11 Å². The van der Waals surface area contributed by atoms with Crippen LogP contribution in [0.3, 0.4) is 0 Å². The Bertz CT molecular complexity index is 281. The normalized spacial score (nSPS) is 12.9. The summed E-state index contributed by atoms with van der Waals surface area (Å²) in [6.45, 7) is 10.2. The van der Waals surface area contributed by atoms with Gasteiger partial charge >= 0.3 is 0 Å². The molecule has 0 atom stereocenters. The first-order chi connectivity index (χ1) is 7.02. The van der Waals surface area contributed by atoms with Crippen molar-refractivity contribution in [1.82, 2.24) is 0 Å². The van der Waals surface area contributed by atoms with Gasteiger partial charge in [0.05, 0.1) is 12.3 Å². The van der Waals surface area contributed by atoms with Gasteiger partial charge in [-0.3, -0.25) is 4.99 Å². The largest absolute Gasteiger partial charge is 0.390 e. The van der Waals surface area contributed by atoms with E-state index in [0.29, 0.717) is 0 Å². The SMILES string of the molecule is CCC/C=C(\C)C(CO)=NC(C)=C(C)C. The first-order valence-corrected chi connectivity index (χ1v) is 5.52. The van der Waals surface area contributed by atoms with Crippen molar-refractivity contribution in [3.63, 3.8) is 0 Å². The maximum Gasteiger partial charge on any atom is 0.0855 e. The number of aliphatic hydroxyl groups is 1. The van der Waals surface area contributed by atoms with Crippen molar-refractivity contribution >= 4 is 5.71 Å². The van der Waals surface area contributed by atoms with Gasteiger partial charge in [-0.1, -0.05) is 25.0 Å². The van der Waals surface area contributed by atoms with Crippen LogP contribution in [-0.4, -0.2) is 17.4 Å². The Balaban J connectivity index is 4.84. The Labute approximate surface area is 93.4 Å². The first-order valence-electron chi connectivity index (χ1n) is 5.52. The van der Waals surface area contributed by atoms with Gasteiger partial charge in [-0.15, -0.1) is 0 Å². The maximum atomic E-state index is 9.23. The zero-order valence-corrected chi connectivity index (χ0v) is 10.6. The van der Waals surface area contributed by atoms with E-state index in [1.165, 1.54) is 5.57 Å². The number of hydrogen-bond acceptors (Lipinski definition) is 2. The molecule has 86 valence electrons. The summed E-state index contributed by atoms with van der Waals surface area (Å²) in [5.74, 6) is 0. The zero-order valence-electron chi connectivity index (χ0n) is 10.6. The fraction of sp³-hybridized carbons (Fsp3) is 0.615. The molecule has 2 heteroatoms. The third-order valence-corrected chi connectivity index (χ3v) is 2.37. The molecule has 0 spiro atoms. The summed E-state index contributed by atoms with van der Waals surface area (Å²) in [4.78, 5) is 4.43. The van der Waals surface area contributed by atoms with Crippen LogP contribution in [0.2, 0.25) is 0 Å². The summed E-state index contributed by atoms with van der Waals surface area (Å²) >= 11 is 0. The Morgan fingerprint density at radius 3 is 2.20 bits per heavy atom. The highest BCUT2D eigenvalue weighted by molar-refractivity contribution is 6.01. The summed E-state index contributed by atoms with van der Waals surface area (Å²) in [5, 5.41) is 9.23. The van der Waals surface area contributed by atoms with Crippen molar-refractivity contribution in [1.29, 1.82) is 0 Å². The molecular formula is C13H23NO. The molecule has 0 fully saturated rings. The second-order valence-electron chi connectivity index (χ2n) is 3.98. The number of unbranched alkanes of at least 4 members (excludes halogenated alkanes) is 1. The van der Waals surface area contributed by atoms with E-state index in [9.17, 15) is 5.11 Å². The van der Waals surface area contributed by atoms with Gasteiger partial charge in [0, 0.05) is 5.70 Å². The lowest BCUT2D eigenvalue weighted by Gasteiger charge is -2.05. The molecule has 0 bridgehead atoms. The van der Waals surface area contributed by atoms with Gasteiger partial charge in [0.15, 0.2) is 0 Å². The molecule has 0 radical (unpaired) electrons. The molecule has 15 heavy (non-hydrogen) atoms. The molecule has 0 rings (SSSR count).